The molecule has 210 valence electrons. The molecule has 0 aromatic rings. The summed E-state index contributed by atoms with van der Waals surface area (Å²) in [6.45, 7) is 8.89. The molecule has 11 heteroatoms. The van der Waals surface area contributed by atoms with Crippen LogP contribution in [0.15, 0.2) is 11.6 Å². The van der Waals surface area contributed by atoms with Crippen LogP contribution in [0, 0.1) is 0 Å². The monoisotopic (exact) mass is 517 g/mol. The zero-order valence-electron chi connectivity index (χ0n) is 22.0. The fraction of sp³-hybridized carbons (Fsp3) is 0.840. The molecule has 3 atom stereocenters. The Morgan fingerprint density at radius 2 is 1.61 bits per heavy atom. The van der Waals surface area contributed by atoms with Crippen LogP contribution in [0.5, 0.6) is 0 Å². The van der Waals surface area contributed by atoms with E-state index in [1.54, 1.807) is 13.0 Å². The van der Waals surface area contributed by atoms with E-state index in [1.165, 1.54) is 0 Å². The van der Waals surface area contributed by atoms with Gasteiger partial charge in [0.15, 0.2) is 0 Å². The largest absolute Gasteiger partial charge is 0.463 e. The summed E-state index contributed by atoms with van der Waals surface area (Å²) in [6.07, 6.45) is 4.37. The molecule has 0 saturated carbocycles. The SMILES string of the molecule is CCOC(=O)C1=C[C@H](OC(CC)CCNC(=O)CCOCCOCCOCCOCCN)[C@H](N)CC1. The topological polar surface area (TPSA) is 154 Å². The van der Waals surface area contributed by atoms with Crippen molar-refractivity contribution in [1.82, 2.24) is 5.32 Å². The van der Waals surface area contributed by atoms with Gasteiger partial charge in [0.05, 0.1) is 71.7 Å². The first-order valence-electron chi connectivity index (χ1n) is 13.1. The van der Waals surface area contributed by atoms with Crippen LogP contribution in [0.4, 0.5) is 0 Å². The van der Waals surface area contributed by atoms with E-state index in [0.29, 0.717) is 97.4 Å². The molecule has 0 aromatic heterocycles. The number of amides is 1. The second-order valence-corrected chi connectivity index (χ2v) is 8.37. The highest BCUT2D eigenvalue weighted by atomic mass is 16.6. The third-order valence-corrected chi connectivity index (χ3v) is 5.52. The number of nitrogens with one attached hydrogen (secondary N) is 1. The average Bonchev–Trinajstić information content (AvgIpc) is 2.87. The van der Waals surface area contributed by atoms with E-state index < -0.39 is 0 Å². The molecule has 0 aromatic carbocycles. The quantitative estimate of drug-likeness (QED) is 0.138. The van der Waals surface area contributed by atoms with Crippen LogP contribution >= 0.6 is 0 Å². The Morgan fingerprint density at radius 1 is 1.00 bits per heavy atom. The van der Waals surface area contributed by atoms with Gasteiger partial charge in [0.2, 0.25) is 5.91 Å². The minimum Gasteiger partial charge on any atom is -0.463 e. The van der Waals surface area contributed by atoms with Crippen molar-refractivity contribution in [2.24, 2.45) is 11.5 Å². The Kier molecular flexibility index (Phi) is 19.4. The van der Waals surface area contributed by atoms with Gasteiger partial charge in [0, 0.05) is 31.1 Å². The maximum atomic E-state index is 12.1. The van der Waals surface area contributed by atoms with Gasteiger partial charge in [-0.15, -0.1) is 0 Å². The predicted octanol–water partition coefficient (Wildman–Crippen LogP) is 0.682. The van der Waals surface area contributed by atoms with Gasteiger partial charge in [-0.1, -0.05) is 6.92 Å². The van der Waals surface area contributed by atoms with Crippen LogP contribution in [-0.4, -0.2) is 103 Å². The van der Waals surface area contributed by atoms with Gasteiger partial charge in [-0.25, -0.2) is 4.79 Å². The Balaban J connectivity index is 2.09. The molecule has 1 unspecified atom stereocenters. The summed E-state index contributed by atoms with van der Waals surface area (Å²) in [6, 6.07) is -0.165. The van der Waals surface area contributed by atoms with Crippen LogP contribution in [-0.2, 0) is 38.0 Å². The van der Waals surface area contributed by atoms with Gasteiger partial charge in [-0.2, -0.15) is 0 Å². The number of nitrogens with two attached hydrogens (primary N) is 2. The van der Waals surface area contributed by atoms with Crippen molar-refractivity contribution in [2.45, 2.75) is 64.2 Å². The van der Waals surface area contributed by atoms with Crippen LogP contribution in [0.2, 0.25) is 0 Å². The molecule has 1 aliphatic rings. The standard InChI is InChI=1S/C25H47N3O8/c1-3-21(36-23-19-20(5-6-22(23)27)25(30)35-4-2)7-10-28-24(29)8-11-31-13-15-33-17-18-34-16-14-32-12-9-26/h19,21-23H,3-18,26-27H2,1-2H3,(H,28,29)/t21?,22-,23+/m1/s1. The fourth-order valence-electron chi connectivity index (χ4n) is 3.49. The minimum atomic E-state index is -0.337. The maximum Gasteiger partial charge on any atom is 0.333 e. The third-order valence-electron chi connectivity index (χ3n) is 5.52. The molecule has 1 aliphatic carbocycles. The van der Waals surface area contributed by atoms with Crippen molar-refractivity contribution in [3.05, 3.63) is 11.6 Å². The van der Waals surface area contributed by atoms with E-state index in [-0.39, 0.29) is 36.5 Å². The lowest BCUT2D eigenvalue weighted by molar-refractivity contribution is -0.139. The summed E-state index contributed by atoms with van der Waals surface area (Å²) in [4.78, 5) is 24.1. The second kappa shape index (κ2) is 21.5. The molecule has 0 radical (unpaired) electrons. The molecule has 11 nitrogen and oxygen atoms in total. The van der Waals surface area contributed by atoms with Gasteiger partial charge in [-0.05, 0) is 38.7 Å². The fourth-order valence-corrected chi connectivity index (χ4v) is 3.49. The van der Waals surface area contributed by atoms with Crippen molar-refractivity contribution in [3.8, 4) is 0 Å². The molecular formula is C25H47N3O8. The van der Waals surface area contributed by atoms with Crippen LogP contribution in [0.3, 0.4) is 0 Å². The number of hydrogen-bond acceptors (Lipinski definition) is 10. The molecule has 0 spiro atoms. The molecule has 0 saturated heterocycles. The summed E-state index contributed by atoms with van der Waals surface area (Å²) < 4.78 is 32.7. The van der Waals surface area contributed by atoms with Gasteiger partial charge >= 0.3 is 5.97 Å². The highest BCUT2D eigenvalue weighted by molar-refractivity contribution is 5.88. The Hall–Kier alpha value is -1.60. The highest BCUT2D eigenvalue weighted by Gasteiger charge is 2.27. The summed E-state index contributed by atoms with van der Waals surface area (Å²) in [5.74, 6) is -0.378. The van der Waals surface area contributed by atoms with Crippen molar-refractivity contribution >= 4 is 11.9 Å². The molecule has 5 N–H and O–H groups in total. The predicted molar refractivity (Wildman–Crippen MR) is 135 cm³/mol. The van der Waals surface area contributed by atoms with E-state index in [0.717, 1.165) is 6.42 Å². The van der Waals surface area contributed by atoms with Crippen molar-refractivity contribution in [2.75, 3.05) is 72.6 Å². The first-order chi connectivity index (χ1) is 17.5. The molecular weight excluding hydrogens is 470 g/mol. The lowest BCUT2D eigenvalue weighted by Crippen LogP contribution is -2.41. The minimum absolute atomic E-state index is 0.0741. The van der Waals surface area contributed by atoms with E-state index in [1.807, 2.05) is 6.92 Å². The molecule has 0 aliphatic heterocycles. The summed E-state index contributed by atoms with van der Waals surface area (Å²) in [5, 5.41) is 2.90. The van der Waals surface area contributed by atoms with Gasteiger partial charge in [-0.3, -0.25) is 4.79 Å². The first-order valence-corrected chi connectivity index (χ1v) is 13.1. The normalized spacial score (nSPS) is 18.5. The second-order valence-electron chi connectivity index (χ2n) is 8.37. The number of carbonyl (C=O) groups is 2. The number of esters is 1. The maximum absolute atomic E-state index is 12.1. The number of hydrogen-bond donors (Lipinski definition) is 3. The van der Waals surface area contributed by atoms with Crippen LogP contribution < -0.4 is 16.8 Å². The molecule has 0 fully saturated rings. The van der Waals surface area contributed by atoms with E-state index in [2.05, 4.69) is 5.32 Å². The molecule has 36 heavy (non-hydrogen) atoms. The Labute approximate surface area is 215 Å². The van der Waals surface area contributed by atoms with E-state index >= 15 is 0 Å². The Morgan fingerprint density at radius 3 is 2.19 bits per heavy atom. The number of carbonyl (C=O) groups excluding carboxylic acids is 2. The molecule has 0 bridgehead atoms. The summed E-state index contributed by atoms with van der Waals surface area (Å²) in [5.41, 5.74) is 12.1. The third kappa shape index (κ3) is 15.5. The van der Waals surface area contributed by atoms with Crippen LogP contribution in [0.1, 0.15) is 46.0 Å². The molecule has 0 heterocycles. The zero-order valence-corrected chi connectivity index (χ0v) is 22.0. The van der Waals surface area contributed by atoms with E-state index in [4.69, 9.17) is 39.9 Å². The average molecular weight is 518 g/mol. The van der Waals surface area contributed by atoms with Crippen molar-refractivity contribution in [1.29, 1.82) is 0 Å². The smallest absolute Gasteiger partial charge is 0.333 e. The highest BCUT2D eigenvalue weighted by Crippen LogP contribution is 2.23. The van der Waals surface area contributed by atoms with Gasteiger partial charge in [0.25, 0.3) is 0 Å². The van der Waals surface area contributed by atoms with Crippen molar-refractivity contribution in [3.63, 3.8) is 0 Å². The van der Waals surface area contributed by atoms with Gasteiger partial charge in [0.1, 0.15) is 0 Å². The lowest BCUT2D eigenvalue weighted by atomic mass is 9.93. The molecule has 1 amide bonds. The van der Waals surface area contributed by atoms with Crippen molar-refractivity contribution < 1.29 is 38.0 Å². The number of ether oxygens (including phenoxy) is 6. The zero-order chi connectivity index (χ0) is 26.4. The molecule has 1 rings (SSSR count). The Bertz CT molecular complexity index is 620. The van der Waals surface area contributed by atoms with E-state index in [9.17, 15) is 9.59 Å². The van der Waals surface area contributed by atoms with Gasteiger partial charge < -0.3 is 45.2 Å². The lowest BCUT2D eigenvalue weighted by Gasteiger charge is -2.30. The number of rotatable bonds is 22. The summed E-state index contributed by atoms with van der Waals surface area (Å²) >= 11 is 0. The first kappa shape index (κ1) is 32.4. The van der Waals surface area contributed by atoms with Crippen LogP contribution in [0.25, 0.3) is 0 Å². The summed E-state index contributed by atoms with van der Waals surface area (Å²) in [7, 11) is 0.